The minimum Gasteiger partial charge on any atom is -0.497 e. The van der Waals surface area contributed by atoms with Crippen molar-refractivity contribution in [1.82, 2.24) is 14.6 Å². The third kappa shape index (κ3) is 6.46. The van der Waals surface area contributed by atoms with Gasteiger partial charge >= 0.3 is 0 Å². The van der Waals surface area contributed by atoms with Crippen molar-refractivity contribution in [1.29, 1.82) is 0 Å². The van der Waals surface area contributed by atoms with Gasteiger partial charge in [0.25, 0.3) is 5.91 Å². The molecule has 2 heterocycles. The lowest BCUT2D eigenvalue weighted by Gasteiger charge is -2.30. The number of nitrogens with zero attached hydrogens (tertiary/aromatic N) is 2. The highest BCUT2D eigenvalue weighted by molar-refractivity contribution is 7.84. The molecule has 1 aliphatic heterocycles. The van der Waals surface area contributed by atoms with Crippen LogP contribution in [0.5, 0.6) is 5.75 Å². The first kappa shape index (κ1) is 28.7. The number of carbonyl (C=O) groups is 1. The molecule has 2 atom stereocenters. The number of allylic oxidation sites excluding steroid dienone is 1. The summed E-state index contributed by atoms with van der Waals surface area (Å²) in [6.45, 7) is 8.50. The summed E-state index contributed by atoms with van der Waals surface area (Å²) in [6, 6.07) is 17.1. The zero-order valence-corrected chi connectivity index (χ0v) is 24.0. The number of nitrogens with one attached hydrogen (secondary N) is 1. The number of benzene rings is 2. The number of aliphatic hydroxyl groups is 1. The van der Waals surface area contributed by atoms with E-state index in [0.717, 1.165) is 33.6 Å². The number of aromatic nitrogens is 1. The Bertz CT molecular complexity index is 1380. The summed E-state index contributed by atoms with van der Waals surface area (Å²) in [5.74, 6) is 0.471. The van der Waals surface area contributed by atoms with Gasteiger partial charge in [-0.15, -0.1) is 0 Å². The first-order chi connectivity index (χ1) is 18.7. The van der Waals surface area contributed by atoms with E-state index in [4.69, 9.17) is 9.72 Å². The lowest BCUT2D eigenvalue weighted by atomic mass is 9.95. The van der Waals surface area contributed by atoms with E-state index >= 15 is 0 Å². The highest BCUT2D eigenvalue weighted by Crippen LogP contribution is 2.44. The number of carbonyl (C=O) groups excluding carboxylic acids is 1. The second-order valence-corrected chi connectivity index (χ2v) is 12.7. The van der Waals surface area contributed by atoms with E-state index in [-0.39, 0.29) is 18.6 Å². The van der Waals surface area contributed by atoms with Crippen molar-refractivity contribution in [3.8, 4) is 17.0 Å². The van der Waals surface area contributed by atoms with E-state index in [1.807, 2.05) is 98.7 Å². The van der Waals surface area contributed by atoms with Gasteiger partial charge in [-0.3, -0.25) is 4.79 Å². The summed E-state index contributed by atoms with van der Waals surface area (Å²) in [5, 5.41) is 12.9. The van der Waals surface area contributed by atoms with Crippen LogP contribution in [0, 0.1) is 0 Å². The molecular formula is C31H37N3O4S. The molecule has 0 bridgehead atoms. The highest BCUT2D eigenvalue weighted by Gasteiger charge is 2.40. The van der Waals surface area contributed by atoms with Crippen molar-refractivity contribution < 1.29 is 18.8 Å². The lowest BCUT2D eigenvalue weighted by molar-refractivity contribution is 0.0946. The Morgan fingerprint density at radius 1 is 1.21 bits per heavy atom. The molecule has 0 aliphatic carbocycles. The molecule has 1 aromatic heterocycles. The number of aliphatic hydroxyl groups excluding tert-OH is 1. The molecule has 1 aliphatic rings. The largest absolute Gasteiger partial charge is 0.497 e. The van der Waals surface area contributed by atoms with E-state index in [1.165, 1.54) is 0 Å². The minimum absolute atomic E-state index is 0.0515. The van der Waals surface area contributed by atoms with Crippen LogP contribution in [0.25, 0.3) is 17.3 Å². The van der Waals surface area contributed by atoms with E-state index < -0.39 is 15.7 Å². The first-order valence-corrected chi connectivity index (χ1v) is 14.2. The normalized spacial score (nSPS) is 16.3. The van der Waals surface area contributed by atoms with Crippen LogP contribution in [0.2, 0.25) is 0 Å². The fraction of sp³-hybridized carbons (Fsp3) is 0.355. The summed E-state index contributed by atoms with van der Waals surface area (Å²) in [4.78, 5) is 18.2. The van der Waals surface area contributed by atoms with Crippen molar-refractivity contribution in [2.75, 3.05) is 13.7 Å². The summed E-state index contributed by atoms with van der Waals surface area (Å²) < 4.78 is 20.2. The Labute approximate surface area is 233 Å². The van der Waals surface area contributed by atoms with Gasteiger partial charge in [0, 0.05) is 30.8 Å². The maximum atomic E-state index is 13.6. The van der Waals surface area contributed by atoms with Crippen LogP contribution in [0.3, 0.4) is 0 Å². The Kier molecular flexibility index (Phi) is 9.00. The Balaban J connectivity index is 1.76. The zero-order valence-electron chi connectivity index (χ0n) is 23.2. The van der Waals surface area contributed by atoms with Crippen LogP contribution in [-0.4, -0.2) is 43.0 Å². The first-order valence-electron chi connectivity index (χ1n) is 13.1. The number of amides is 1. The fourth-order valence-electron chi connectivity index (χ4n) is 4.80. The number of hydrogen-bond acceptors (Lipinski definition) is 5. The summed E-state index contributed by atoms with van der Waals surface area (Å²) in [6.07, 6.45) is 4.41. The van der Waals surface area contributed by atoms with Crippen molar-refractivity contribution in [3.63, 3.8) is 0 Å². The molecule has 0 saturated carbocycles. The quantitative estimate of drug-likeness (QED) is 0.373. The van der Waals surface area contributed by atoms with Crippen LogP contribution in [-0.2, 0) is 24.1 Å². The topological polar surface area (TPSA) is 91.8 Å². The van der Waals surface area contributed by atoms with Gasteiger partial charge < -0.3 is 15.2 Å². The SMILES string of the molecule is CC=Cc1cccc(-c2nc(C(=O)NCc3ccc(OC)cc3)cc3c2[C@@H](CCO)N([S@](=O)C(C)(C)C)C3)c1. The van der Waals surface area contributed by atoms with Gasteiger partial charge in [0.05, 0.1) is 23.6 Å². The van der Waals surface area contributed by atoms with Crippen molar-refractivity contribution in [2.24, 2.45) is 0 Å². The third-order valence-electron chi connectivity index (χ3n) is 6.65. The van der Waals surface area contributed by atoms with Crippen LogP contribution in [0.1, 0.15) is 72.9 Å². The molecule has 1 amide bonds. The standard InChI is InChI=1S/C31H37N3O4S/c1-6-8-21-9-7-10-23(17-21)29-28-24(20-34(27(28)15-16-35)39(37)31(2,3)4)18-26(33-29)30(36)32-19-22-11-13-25(38-5)14-12-22/h6-14,17-18,27,35H,15-16,19-20H2,1-5H3,(H,32,36)/t27-,39-/m1/s1. The van der Waals surface area contributed by atoms with Gasteiger partial charge in [0.15, 0.2) is 0 Å². The summed E-state index contributed by atoms with van der Waals surface area (Å²) in [5.41, 5.74) is 5.65. The lowest BCUT2D eigenvalue weighted by Crippen LogP contribution is -2.36. The third-order valence-corrected chi connectivity index (χ3v) is 8.51. The monoisotopic (exact) mass is 547 g/mol. The number of methoxy groups -OCH3 is 1. The number of hydrogen-bond donors (Lipinski definition) is 2. The predicted octanol–water partition coefficient (Wildman–Crippen LogP) is 5.42. The van der Waals surface area contributed by atoms with E-state index in [1.54, 1.807) is 7.11 Å². The van der Waals surface area contributed by atoms with Gasteiger partial charge in [-0.2, -0.15) is 0 Å². The maximum absolute atomic E-state index is 13.6. The molecule has 0 radical (unpaired) electrons. The average molecular weight is 548 g/mol. The van der Waals surface area contributed by atoms with Gasteiger partial charge in [-0.05, 0) is 75.1 Å². The highest BCUT2D eigenvalue weighted by atomic mass is 32.2. The van der Waals surface area contributed by atoms with Crippen LogP contribution < -0.4 is 10.1 Å². The molecule has 0 spiro atoms. The van der Waals surface area contributed by atoms with Crippen molar-refractivity contribution in [3.05, 3.63) is 88.6 Å². The molecule has 8 heteroatoms. The van der Waals surface area contributed by atoms with E-state index in [0.29, 0.717) is 30.9 Å². The molecule has 0 fully saturated rings. The zero-order chi connectivity index (χ0) is 28.2. The molecule has 0 saturated heterocycles. The number of fused-ring (bicyclic) bond motifs is 1. The van der Waals surface area contributed by atoms with Crippen molar-refractivity contribution >= 4 is 23.0 Å². The average Bonchev–Trinajstić information content (AvgIpc) is 3.29. The van der Waals surface area contributed by atoms with Gasteiger partial charge in [0.1, 0.15) is 22.4 Å². The number of ether oxygens (including phenoxy) is 1. The second kappa shape index (κ2) is 12.2. The Hall–Kier alpha value is -3.33. The van der Waals surface area contributed by atoms with Crippen LogP contribution in [0.15, 0.2) is 60.7 Å². The molecule has 206 valence electrons. The van der Waals surface area contributed by atoms with Gasteiger partial charge in [-0.25, -0.2) is 13.5 Å². The molecular weight excluding hydrogens is 510 g/mol. The van der Waals surface area contributed by atoms with Gasteiger partial charge in [-0.1, -0.05) is 42.5 Å². The second-order valence-electron chi connectivity index (χ2n) is 10.5. The van der Waals surface area contributed by atoms with Crippen molar-refractivity contribution in [2.45, 2.75) is 58.0 Å². The minimum atomic E-state index is -1.32. The van der Waals surface area contributed by atoms with Crippen LogP contribution >= 0.6 is 0 Å². The summed E-state index contributed by atoms with van der Waals surface area (Å²) >= 11 is 0. The fourth-order valence-corrected chi connectivity index (χ4v) is 6.21. The molecule has 4 rings (SSSR count). The summed E-state index contributed by atoms with van der Waals surface area (Å²) in [7, 11) is 0.298. The van der Waals surface area contributed by atoms with Gasteiger partial charge in [0.2, 0.25) is 0 Å². The molecule has 2 N–H and O–H groups in total. The molecule has 39 heavy (non-hydrogen) atoms. The molecule has 7 nitrogen and oxygen atoms in total. The maximum Gasteiger partial charge on any atom is 0.270 e. The van der Waals surface area contributed by atoms with E-state index in [9.17, 15) is 14.1 Å². The van der Waals surface area contributed by atoms with Crippen LogP contribution in [0.4, 0.5) is 0 Å². The Morgan fingerprint density at radius 3 is 2.59 bits per heavy atom. The number of pyridine rings is 1. The molecule has 0 unspecified atom stereocenters. The van der Waals surface area contributed by atoms with E-state index in [2.05, 4.69) is 5.32 Å². The Morgan fingerprint density at radius 2 is 1.95 bits per heavy atom. The predicted molar refractivity (Wildman–Crippen MR) is 156 cm³/mol. The smallest absolute Gasteiger partial charge is 0.270 e. The molecule has 2 aromatic carbocycles. The molecule has 3 aromatic rings. The number of rotatable bonds is 9.